The van der Waals surface area contributed by atoms with Crippen LogP contribution in [0.25, 0.3) is 10.2 Å². The zero-order chi connectivity index (χ0) is 11.4. The molecule has 0 fully saturated rings. The molecule has 2 aromatic rings. The Morgan fingerprint density at radius 1 is 1.31 bits per heavy atom. The minimum Gasteiger partial charge on any atom is -0.393 e. The highest BCUT2D eigenvalue weighted by Gasteiger charge is 2.06. The van der Waals surface area contributed by atoms with Crippen molar-refractivity contribution in [2.75, 3.05) is 0 Å². The Labute approximate surface area is 100.0 Å². The van der Waals surface area contributed by atoms with E-state index in [0.29, 0.717) is 0 Å². The first kappa shape index (κ1) is 11.6. The Balaban J connectivity index is 1.99. The number of benzene rings is 1. The largest absolute Gasteiger partial charge is 0.393 e. The fourth-order valence-electron chi connectivity index (χ4n) is 1.79. The summed E-state index contributed by atoms with van der Waals surface area (Å²) in [6.07, 6.45) is 3.48. The molecule has 0 amide bonds. The molecule has 16 heavy (non-hydrogen) atoms. The van der Waals surface area contributed by atoms with E-state index >= 15 is 0 Å². The zero-order valence-corrected chi connectivity index (χ0v) is 10.3. The minimum atomic E-state index is -0.169. The average Bonchev–Trinajstić information content (AvgIpc) is 2.69. The van der Waals surface area contributed by atoms with Crippen molar-refractivity contribution in [2.24, 2.45) is 0 Å². The maximum Gasteiger partial charge on any atom is 0.0939 e. The van der Waals surface area contributed by atoms with Crippen LogP contribution in [-0.4, -0.2) is 16.2 Å². The van der Waals surface area contributed by atoms with E-state index < -0.39 is 0 Å². The second-order valence-electron chi connectivity index (χ2n) is 4.06. The summed E-state index contributed by atoms with van der Waals surface area (Å²) in [5, 5.41) is 10.8. The van der Waals surface area contributed by atoms with Gasteiger partial charge in [-0.1, -0.05) is 25.5 Å². The van der Waals surface area contributed by atoms with Gasteiger partial charge in [0, 0.05) is 6.42 Å². The number of aryl methyl sites for hydroxylation is 1. The molecule has 1 unspecified atom stereocenters. The van der Waals surface area contributed by atoms with Crippen molar-refractivity contribution in [2.45, 2.75) is 38.7 Å². The number of fused-ring (bicyclic) bond motifs is 1. The maximum absolute atomic E-state index is 9.66. The number of aliphatic hydroxyl groups is 1. The number of aromatic nitrogens is 1. The molecule has 1 aromatic heterocycles. The molecule has 1 atom stereocenters. The van der Waals surface area contributed by atoms with Crippen molar-refractivity contribution in [3.63, 3.8) is 0 Å². The van der Waals surface area contributed by atoms with Crippen molar-refractivity contribution >= 4 is 21.6 Å². The summed E-state index contributed by atoms with van der Waals surface area (Å²) < 4.78 is 1.24. The fraction of sp³-hybridized carbons (Fsp3) is 0.462. The van der Waals surface area contributed by atoms with Crippen LogP contribution in [0, 0.1) is 0 Å². The van der Waals surface area contributed by atoms with Gasteiger partial charge in [0.15, 0.2) is 0 Å². The molecule has 0 aliphatic carbocycles. The van der Waals surface area contributed by atoms with Crippen LogP contribution < -0.4 is 0 Å². The molecule has 3 heteroatoms. The Morgan fingerprint density at radius 3 is 2.88 bits per heavy atom. The molecule has 0 saturated carbocycles. The summed E-state index contributed by atoms with van der Waals surface area (Å²) in [6.45, 7) is 2.10. The van der Waals surface area contributed by atoms with Gasteiger partial charge < -0.3 is 5.11 Å². The van der Waals surface area contributed by atoms with Crippen molar-refractivity contribution < 1.29 is 5.11 Å². The van der Waals surface area contributed by atoms with Crippen molar-refractivity contribution in [1.82, 2.24) is 4.98 Å². The molecule has 0 bridgehead atoms. The van der Waals surface area contributed by atoms with E-state index in [-0.39, 0.29) is 6.10 Å². The van der Waals surface area contributed by atoms with Gasteiger partial charge in [0.2, 0.25) is 0 Å². The standard InChI is InChI=1S/C13H17NOS/c1-2-5-10(15)8-9-13-14-11-6-3-4-7-12(11)16-13/h3-4,6-7,10,15H,2,5,8-9H2,1H3. The molecule has 86 valence electrons. The first-order valence-corrected chi connectivity index (χ1v) is 6.63. The number of thiazole rings is 1. The fourth-order valence-corrected chi connectivity index (χ4v) is 2.78. The van der Waals surface area contributed by atoms with E-state index in [0.717, 1.165) is 36.2 Å². The Bertz CT molecular complexity index is 419. The van der Waals surface area contributed by atoms with E-state index in [2.05, 4.69) is 18.0 Å². The van der Waals surface area contributed by atoms with Gasteiger partial charge in [0.05, 0.1) is 21.3 Å². The van der Waals surface area contributed by atoms with E-state index in [1.165, 1.54) is 4.70 Å². The van der Waals surface area contributed by atoms with Crippen LogP contribution in [0.15, 0.2) is 24.3 Å². The molecule has 2 rings (SSSR count). The summed E-state index contributed by atoms with van der Waals surface area (Å²) in [7, 11) is 0. The second kappa shape index (κ2) is 5.41. The lowest BCUT2D eigenvalue weighted by Gasteiger charge is -2.06. The average molecular weight is 235 g/mol. The smallest absolute Gasteiger partial charge is 0.0939 e. The molecule has 1 heterocycles. The number of hydrogen-bond acceptors (Lipinski definition) is 3. The molecule has 1 N–H and O–H groups in total. The first-order valence-electron chi connectivity index (χ1n) is 5.82. The van der Waals surface area contributed by atoms with Crippen LogP contribution in [0.2, 0.25) is 0 Å². The highest BCUT2D eigenvalue weighted by atomic mass is 32.1. The third kappa shape index (κ3) is 2.80. The lowest BCUT2D eigenvalue weighted by atomic mass is 10.1. The van der Waals surface area contributed by atoms with E-state index in [9.17, 15) is 5.11 Å². The van der Waals surface area contributed by atoms with Gasteiger partial charge in [-0.25, -0.2) is 4.98 Å². The third-order valence-electron chi connectivity index (χ3n) is 2.65. The minimum absolute atomic E-state index is 0.169. The first-order chi connectivity index (χ1) is 7.79. The Kier molecular flexibility index (Phi) is 3.91. The van der Waals surface area contributed by atoms with Gasteiger partial charge in [0.1, 0.15) is 0 Å². The van der Waals surface area contributed by atoms with E-state index in [1.807, 2.05) is 18.2 Å². The summed E-state index contributed by atoms with van der Waals surface area (Å²) in [5.74, 6) is 0. The van der Waals surface area contributed by atoms with Crippen molar-refractivity contribution in [3.8, 4) is 0 Å². The van der Waals surface area contributed by atoms with Crippen LogP contribution in [0.3, 0.4) is 0 Å². The van der Waals surface area contributed by atoms with Crippen LogP contribution in [-0.2, 0) is 6.42 Å². The SMILES string of the molecule is CCCC(O)CCc1nc2ccccc2s1. The molecular weight excluding hydrogens is 218 g/mol. The monoisotopic (exact) mass is 235 g/mol. The lowest BCUT2D eigenvalue weighted by Crippen LogP contribution is -2.06. The highest BCUT2D eigenvalue weighted by molar-refractivity contribution is 7.18. The summed E-state index contributed by atoms with van der Waals surface area (Å²) in [5.41, 5.74) is 1.08. The second-order valence-corrected chi connectivity index (χ2v) is 5.17. The number of nitrogens with zero attached hydrogens (tertiary/aromatic N) is 1. The number of aliphatic hydroxyl groups excluding tert-OH is 1. The normalized spacial score (nSPS) is 13.1. The van der Waals surface area contributed by atoms with Crippen LogP contribution >= 0.6 is 11.3 Å². The predicted octanol–water partition coefficient (Wildman–Crippen LogP) is 3.39. The van der Waals surface area contributed by atoms with Gasteiger partial charge >= 0.3 is 0 Å². The van der Waals surface area contributed by atoms with Crippen LogP contribution in [0.1, 0.15) is 31.2 Å². The highest BCUT2D eigenvalue weighted by Crippen LogP contribution is 2.22. The van der Waals surface area contributed by atoms with Crippen molar-refractivity contribution in [3.05, 3.63) is 29.3 Å². The van der Waals surface area contributed by atoms with Crippen LogP contribution in [0.4, 0.5) is 0 Å². The van der Waals surface area contributed by atoms with E-state index in [1.54, 1.807) is 11.3 Å². The number of hydrogen-bond donors (Lipinski definition) is 1. The van der Waals surface area contributed by atoms with Crippen LogP contribution in [0.5, 0.6) is 0 Å². The molecule has 1 aromatic carbocycles. The molecule has 0 aliphatic rings. The molecular formula is C13H17NOS. The molecule has 0 radical (unpaired) electrons. The topological polar surface area (TPSA) is 33.1 Å². The molecule has 2 nitrogen and oxygen atoms in total. The Hall–Kier alpha value is -0.930. The van der Waals surface area contributed by atoms with Crippen molar-refractivity contribution in [1.29, 1.82) is 0 Å². The number of rotatable bonds is 5. The Morgan fingerprint density at radius 2 is 2.12 bits per heavy atom. The van der Waals surface area contributed by atoms with E-state index in [4.69, 9.17) is 0 Å². The zero-order valence-electron chi connectivity index (χ0n) is 9.52. The quantitative estimate of drug-likeness (QED) is 0.861. The van der Waals surface area contributed by atoms with Gasteiger partial charge in [-0.2, -0.15) is 0 Å². The lowest BCUT2D eigenvalue weighted by molar-refractivity contribution is 0.154. The molecule has 0 spiro atoms. The summed E-state index contributed by atoms with van der Waals surface area (Å²) in [6, 6.07) is 8.19. The summed E-state index contributed by atoms with van der Waals surface area (Å²) in [4.78, 5) is 4.55. The molecule has 0 saturated heterocycles. The van der Waals surface area contributed by atoms with Gasteiger partial charge in [-0.05, 0) is 25.0 Å². The maximum atomic E-state index is 9.66. The third-order valence-corrected chi connectivity index (χ3v) is 3.75. The number of para-hydroxylation sites is 1. The van der Waals surface area contributed by atoms with Gasteiger partial charge in [-0.15, -0.1) is 11.3 Å². The predicted molar refractivity (Wildman–Crippen MR) is 68.9 cm³/mol. The van der Waals surface area contributed by atoms with Gasteiger partial charge in [0.25, 0.3) is 0 Å². The molecule has 0 aliphatic heterocycles. The van der Waals surface area contributed by atoms with Gasteiger partial charge in [-0.3, -0.25) is 0 Å². The summed E-state index contributed by atoms with van der Waals surface area (Å²) >= 11 is 1.74.